The maximum absolute atomic E-state index is 13.1. The first-order chi connectivity index (χ1) is 10.9. The SMILES string of the molecule is CCc1oc(C(=O)O)cc1S(=O)(=O)N1CC=CC12CCOCC2. The number of hydrogen-bond acceptors (Lipinski definition) is 5. The molecule has 0 saturated carbocycles. The largest absolute Gasteiger partial charge is 0.475 e. The van der Waals surface area contributed by atoms with Crippen LogP contribution in [-0.2, 0) is 21.2 Å². The summed E-state index contributed by atoms with van der Waals surface area (Å²) in [5, 5.41) is 9.06. The molecule has 1 N–H and O–H groups in total. The molecule has 0 atom stereocenters. The Balaban J connectivity index is 2.03. The maximum atomic E-state index is 13.1. The fourth-order valence-electron chi connectivity index (χ4n) is 3.21. The summed E-state index contributed by atoms with van der Waals surface area (Å²) in [7, 11) is -3.84. The molecule has 0 aromatic carbocycles. The summed E-state index contributed by atoms with van der Waals surface area (Å²) in [5.74, 6) is -1.45. The molecule has 2 aliphatic heterocycles. The molecular formula is C15H19NO6S. The van der Waals surface area contributed by atoms with Crippen LogP contribution in [-0.4, -0.2) is 49.1 Å². The van der Waals surface area contributed by atoms with Gasteiger partial charge in [-0.15, -0.1) is 0 Å². The van der Waals surface area contributed by atoms with Crippen LogP contribution in [0.15, 0.2) is 27.5 Å². The number of carboxylic acid groups (broad SMARTS) is 1. The summed E-state index contributed by atoms with van der Waals surface area (Å²) in [6, 6.07) is 1.11. The molecule has 3 rings (SSSR count). The summed E-state index contributed by atoms with van der Waals surface area (Å²) >= 11 is 0. The van der Waals surface area contributed by atoms with Crippen molar-refractivity contribution in [3.05, 3.63) is 29.7 Å². The average Bonchev–Trinajstić information content (AvgIpc) is 3.13. The number of aryl methyl sites for hydroxylation is 1. The van der Waals surface area contributed by atoms with Crippen molar-refractivity contribution in [2.75, 3.05) is 19.8 Å². The number of sulfonamides is 1. The van der Waals surface area contributed by atoms with Crippen molar-refractivity contribution < 1.29 is 27.5 Å². The first-order valence-corrected chi connectivity index (χ1v) is 8.99. The van der Waals surface area contributed by atoms with E-state index in [1.54, 1.807) is 6.92 Å². The average molecular weight is 341 g/mol. The Morgan fingerprint density at radius 2 is 2.09 bits per heavy atom. The van der Waals surface area contributed by atoms with Crippen LogP contribution in [0.4, 0.5) is 0 Å². The minimum absolute atomic E-state index is 0.0491. The van der Waals surface area contributed by atoms with Crippen LogP contribution < -0.4 is 0 Å². The van der Waals surface area contributed by atoms with Gasteiger partial charge in [0.2, 0.25) is 15.8 Å². The summed E-state index contributed by atoms with van der Waals surface area (Å²) in [5.41, 5.74) is -0.581. The van der Waals surface area contributed by atoms with Gasteiger partial charge in [-0.05, 0) is 12.8 Å². The quantitative estimate of drug-likeness (QED) is 0.837. The van der Waals surface area contributed by atoms with Crippen molar-refractivity contribution in [2.24, 2.45) is 0 Å². The number of carboxylic acids is 1. The molecule has 0 amide bonds. The Kier molecular flexibility index (Phi) is 4.07. The van der Waals surface area contributed by atoms with E-state index in [4.69, 9.17) is 14.3 Å². The second kappa shape index (κ2) is 5.77. The van der Waals surface area contributed by atoms with Gasteiger partial charge in [-0.2, -0.15) is 4.31 Å². The Hall–Kier alpha value is -1.64. The van der Waals surface area contributed by atoms with E-state index in [2.05, 4.69) is 0 Å². The van der Waals surface area contributed by atoms with Crippen LogP contribution in [0.5, 0.6) is 0 Å². The molecule has 23 heavy (non-hydrogen) atoms. The zero-order chi connectivity index (χ0) is 16.7. The lowest BCUT2D eigenvalue weighted by molar-refractivity contribution is 0.0355. The number of hydrogen-bond donors (Lipinski definition) is 1. The van der Waals surface area contributed by atoms with Crippen LogP contribution in [0.1, 0.15) is 36.1 Å². The molecule has 8 heteroatoms. The zero-order valence-corrected chi connectivity index (χ0v) is 13.6. The van der Waals surface area contributed by atoms with Gasteiger partial charge < -0.3 is 14.3 Å². The normalized spacial score (nSPS) is 21.1. The number of furan rings is 1. The lowest BCUT2D eigenvalue weighted by Gasteiger charge is -2.39. The second-order valence-corrected chi connectivity index (χ2v) is 7.54. The number of carbonyl (C=O) groups is 1. The zero-order valence-electron chi connectivity index (χ0n) is 12.8. The first kappa shape index (κ1) is 16.2. The molecule has 0 aliphatic carbocycles. The van der Waals surface area contributed by atoms with Gasteiger partial charge in [0.05, 0.1) is 5.54 Å². The third kappa shape index (κ3) is 2.60. The standard InChI is InChI=1S/C15H19NO6S/c1-2-11-13(10-12(22-11)14(17)18)23(19,20)16-7-3-4-15(16)5-8-21-9-6-15/h3-4,10H,2,5-9H2,1H3,(H,17,18). The van der Waals surface area contributed by atoms with E-state index < -0.39 is 21.5 Å². The van der Waals surface area contributed by atoms with Crippen molar-refractivity contribution in [3.63, 3.8) is 0 Å². The molecular weight excluding hydrogens is 322 g/mol. The molecule has 1 saturated heterocycles. The van der Waals surface area contributed by atoms with Crippen molar-refractivity contribution >= 4 is 16.0 Å². The lowest BCUT2D eigenvalue weighted by Crippen LogP contribution is -2.50. The predicted octanol–water partition coefficient (Wildman–Crippen LogP) is 1.65. The van der Waals surface area contributed by atoms with Gasteiger partial charge in [0, 0.05) is 32.2 Å². The summed E-state index contributed by atoms with van der Waals surface area (Å²) < 4.78 is 38.2. The van der Waals surface area contributed by atoms with Crippen molar-refractivity contribution in [1.82, 2.24) is 4.31 Å². The Morgan fingerprint density at radius 3 is 2.70 bits per heavy atom. The number of nitrogens with zero attached hydrogens (tertiary/aromatic N) is 1. The minimum Gasteiger partial charge on any atom is -0.475 e. The number of rotatable bonds is 4. The molecule has 126 valence electrons. The summed E-state index contributed by atoms with van der Waals surface area (Å²) in [4.78, 5) is 11.0. The molecule has 3 heterocycles. The van der Waals surface area contributed by atoms with Gasteiger partial charge in [-0.1, -0.05) is 19.1 Å². The molecule has 1 fully saturated rings. The monoisotopic (exact) mass is 341 g/mol. The molecule has 7 nitrogen and oxygen atoms in total. The van der Waals surface area contributed by atoms with Gasteiger partial charge in [-0.3, -0.25) is 0 Å². The van der Waals surface area contributed by atoms with Gasteiger partial charge in [0.15, 0.2) is 0 Å². The van der Waals surface area contributed by atoms with Gasteiger partial charge in [-0.25, -0.2) is 13.2 Å². The molecule has 0 radical (unpaired) electrons. The Labute approximate surface area is 134 Å². The predicted molar refractivity (Wildman–Crippen MR) is 80.9 cm³/mol. The van der Waals surface area contributed by atoms with Gasteiger partial charge in [0.1, 0.15) is 10.7 Å². The first-order valence-electron chi connectivity index (χ1n) is 7.55. The van der Waals surface area contributed by atoms with Crippen LogP contribution in [0.3, 0.4) is 0 Å². The highest BCUT2D eigenvalue weighted by molar-refractivity contribution is 7.89. The number of aromatic carboxylic acids is 1. The van der Waals surface area contributed by atoms with E-state index in [0.29, 0.717) is 32.5 Å². The third-order valence-electron chi connectivity index (χ3n) is 4.42. The van der Waals surface area contributed by atoms with E-state index in [0.717, 1.165) is 6.07 Å². The molecule has 0 bridgehead atoms. The smallest absolute Gasteiger partial charge is 0.371 e. The molecule has 1 spiro atoms. The Morgan fingerprint density at radius 1 is 1.39 bits per heavy atom. The summed E-state index contributed by atoms with van der Waals surface area (Å²) in [6.45, 7) is 3.01. The van der Waals surface area contributed by atoms with E-state index in [9.17, 15) is 13.2 Å². The highest BCUT2D eigenvalue weighted by Gasteiger charge is 2.46. The molecule has 0 unspecified atom stereocenters. The molecule has 1 aromatic heterocycles. The fraction of sp³-hybridized carbons (Fsp3) is 0.533. The maximum Gasteiger partial charge on any atom is 0.371 e. The molecule has 1 aromatic rings. The number of ether oxygens (including phenoxy) is 1. The van der Waals surface area contributed by atoms with Crippen LogP contribution in [0.25, 0.3) is 0 Å². The van der Waals surface area contributed by atoms with E-state index in [1.807, 2.05) is 12.2 Å². The van der Waals surface area contributed by atoms with Crippen molar-refractivity contribution in [1.29, 1.82) is 0 Å². The minimum atomic E-state index is -3.84. The second-order valence-electron chi connectivity index (χ2n) is 5.71. The summed E-state index contributed by atoms with van der Waals surface area (Å²) in [6.07, 6.45) is 5.25. The third-order valence-corrected chi connectivity index (χ3v) is 6.42. The lowest BCUT2D eigenvalue weighted by atomic mass is 9.92. The highest BCUT2D eigenvalue weighted by Crippen LogP contribution is 2.38. The van der Waals surface area contributed by atoms with E-state index in [-0.39, 0.29) is 23.0 Å². The topological polar surface area (TPSA) is 97.0 Å². The van der Waals surface area contributed by atoms with Gasteiger partial charge in [0.25, 0.3) is 0 Å². The Bertz CT molecular complexity index is 742. The molecule has 2 aliphatic rings. The van der Waals surface area contributed by atoms with E-state index in [1.165, 1.54) is 4.31 Å². The van der Waals surface area contributed by atoms with E-state index >= 15 is 0 Å². The van der Waals surface area contributed by atoms with Crippen LogP contribution in [0, 0.1) is 0 Å². The van der Waals surface area contributed by atoms with Crippen molar-refractivity contribution in [3.8, 4) is 0 Å². The highest BCUT2D eigenvalue weighted by atomic mass is 32.2. The van der Waals surface area contributed by atoms with Crippen LogP contribution in [0.2, 0.25) is 0 Å². The van der Waals surface area contributed by atoms with Gasteiger partial charge >= 0.3 is 5.97 Å². The van der Waals surface area contributed by atoms with Crippen molar-refractivity contribution in [2.45, 2.75) is 36.6 Å². The van der Waals surface area contributed by atoms with Crippen LogP contribution >= 0.6 is 0 Å². The fourth-order valence-corrected chi connectivity index (χ4v) is 5.18.